The number of aryl methyl sites for hydroxylation is 1. The quantitative estimate of drug-likeness (QED) is 0.659. The number of hydrogen-bond acceptors (Lipinski definition) is 5. The SMILES string of the molecule is COc1ccc(CCC(=O)NCc2cc(-c3cccc(OC)c3)on2)cc1. The number of carbonyl (C=O) groups is 1. The molecule has 1 amide bonds. The van der Waals surface area contributed by atoms with Gasteiger partial charge in [-0.25, -0.2) is 0 Å². The molecular weight excluding hydrogens is 344 g/mol. The molecule has 140 valence electrons. The minimum absolute atomic E-state index is 0.0308. The summed E-state index contributed by atoms with van der Waals surface area (Å²) >= 11 is 0. The third kappa shape index (κ3) is 5.10. The molecule has 1 aromatic heterocycles. The van der Waals surface area contributed by atoms with Crippen molar-refractivity contribution < 1.29 is 18.8 Å². The number of ether oxygens (including phenoxy) is 2. The summed E-state index contributed by atoms with van der Waals surface area (Å²) in [6.07, 6.45) is 1.08. The van der Waals surface area contributed by atoms with E-state index in [0.717, 1.165) is 22.6 Å². The predicted octanol–water partition coefficient (Wildman–Crippen LogP) is 3.61. The van der Waals surface area contributed by atoms with Crippen LogP contribution in [0.15, 0.2) is 59.1 Å². The topological polar surface area (TPSA) is 73.6 Å². The molecule has 3 rings (SSSR count). The number of benzene rings is 2. The molecule has 6 heteroatoms. The Bertz CT molecular complexity index is 887. The van der Waals surface area contributed by atoms with Crippen LogP contribution in [0.4, 0.5) is 0 Å². The zero-order valence-corrected chi connectivity index (χ0v) is 15.4. The molecule has 0 aliphatic heterocycles. The van der Waals surface area contributed by atoms with E-state index < -0.39 is 0 Å². The fraction of sp³-hybridized carbons (Fsp3) is 0.238. The Hall–Kier alpha value is -3.28. The smallest absolute Gasteiger partial charge is 0.220 e. The van der Waals surface area contributed by atoms with E-state index in [4.69, 9.17) is 14.0 Å². The first-order valence-electron chi connectivity index (χ1n) is 8.67. The molecule has 0 saturated carbocycles. The van der Waals surface area contributed by atoms with Crippen LogP contribution in [0, 0.1) is 0 Å². The number of nitrogens with one attached hydrogen (secondary N) is 1. The van der Waals surface area contributed by atoms with E-state index in [1.807, 2.05) is 54.6 Å². The third-order valence-electron chi connectivity index (χ3n) is 4.18. The molecule has 3 aromatic rings. The summed E-state index contributed by atoms with van der Waals surface area (Å²) in [6, 6.07) is 17.1. The monoisotopic (exact) mass is 366 g/mol. The molecule has 1 heterocycles. The molecule has 0 atom stereocenters. The van der Waals surface area contributed by atoms with Crippen molar-refractivity contribution in [2.75, 3.05) is 14.2 Å². The standard InChI is InChI=1S/C21H22N2O4/c1-25-18-9-6-15(7-10-18)8-11-21(24)22-14-17-13-20(27-23-17)16-4-3-5-19(12-16)26-2/h3-7,9-10,12-13H,8,11,14H2,1-2H3,(H,22,24). The highest BCUT2D eigenvalue weighted by atomic mass is 16.5. The van der Waals surface area contributed by atoms with Gasteiger partial charge in [-0.15, -0.1) is 0 Å². The number of amides is 1. The maximum atomic E-state index is 12.1. The van der Waals surface area contributed by atoms with Crippen LogP contribution in [0.25, 0.3) is 11.3 Å². The maximum absolute atomic E-state index is 12.1. The van der Waals surface area contributed by atoms with E-state index in [0.29, 0.717) is 30.8 Å². The molecule has 0 unspecified atom stereocenters. The highest BCUT2D eigenvalue weighted by Crippen LogP contribution is 2.24. The van der Waals surface area contributed by atoms with E-state index in [1.165, 1.54) is 0 Å². The van der Waals surface area contributed by atoms with Crippen molar-refractivity contribution in [2.24, 2.45) is 0 Å². The molecule has 0 bridgehead atoms. The second-order valence-corrected chi connectivity index (χ2v) is 6.04. The molecule has 1 N–H and O–H groups in total. The Labute approximate surface area is 158 Å². The lowest BCUT2D eigenvalue weighted by Gasteiger charge is -2.04. The largest absolute Gasteiger partial charge is 0.497 e. The van der Waals surface area contributed by atoms with Gasteiger partial charge in [-0.2, -0.15) is 0 Å². The van der Waals surface area contributed by atoms with Crippen molar-refractivity contribution in [3.8, 4) is 22.8 Å². The van der Waals surface area contributed by atoms with Crippen molar-refractivity contribution in [1.82, 2.24) is 10.5 Å². The van der Waals surface area contributed by atoms with Crippen LogP contribution in [-0.2, 0) is 17.8 Å². The van der Waals surface area contributed by atoms with Crippen LogP contribution in [0.5, 0.6) is 11.5 Å². The lowest BCUT2D eigenvalue weighted by molar-refractivity contribution is -0.121. The third-order valence-corrected chi connectivity index (χ3v) is 4.18. The molecule has 0 fully saturated rings. The van der Waals surface area contributed by atoms with Gasteiger partial charge in [0.1, 0.15) is 17.2 Å². The average Bonchev–Trinajstić information content (AvgIpc) is 3.20. The van der Waals surface area contributed by atoms with Crippen molar-refractivity contribution in [3.05, 3.63) is 65.9 Å². The van der Waals surface area contributed by atoms with E-state index in [1.54, 1.807) is 14.2 Å². The van der Waals surface area contributed by atoms with Crippen molar-refractivity contribution in [2.45, 2.75) is 19.4 Å². The number of carbonyl (C=O) groups excluding carboxylic acids is 1. The summed E-state index contributed by atoms with van der Waals surface area (Å²) in [5, 5.41) is 6.88. The van der Waals surface area contributed by atoms with Gasteiger partial charge in [-0.05, 0) is 36.2 Å². The van der Waals surface area contributed by atoms with Crippen LogP contribution >= 0.6 is 0 Å². The van der Waals surface area contributed by atoms with E-state index in [9.17, 15) is 4.79 Å². The summed E-state index contributed by atoms with van der Waals surface area (Å²) in [5.74, 6) is 2.16. The number of nitrogens with zero attached hydrogens (tertiary/aromatic N) is 1. The molecule has 27 heavy (non-hydrogen) atoms. The van der Waals surface area contributed by atoms with Gasteiger partial charge in [-0.1, -0.05) is 29.4 Å². The molecule has 0 aliphatic carbocycles. The summed E-state index contributed by atoms with van der Waals surface area (Å²) in [6.45, 7) is 0.328. The van der Waals surface area contributed by atoms with Gasteiger partial charge in [0.05, 0.1) is 20.8 Å². The van der Waals surface area contributed by atoms with Gasteiger partial charge in [0.2, 0.25) is 5.91 Å². The second kappa shape index (κ2) is 8.89. The first-order valence-corrected chi connectivity index (χ1v) is 8.67. The lowest BCUT2D eigenvalue weighted by Crippen LogP contribution is -2.23. The fourth-order valence-corrected chi connectivity index (χ4v) is 2.64. The number of hydrogen-bond donors (Lipinski definition) is 1. The zero-order valence-electron chi connectivity index (χ0n) is 15.4. The van der Waals surface area contributed by atoms with Gasteiger partial charge >= 0.3 is 0 Å². The van der Waals surface area contributed by atoms with Gasteiger partial charge in [0.25, 0.3) is 0 Å². The second-order valence-electron chi connectivity index (χ2n) is 6.04. The first-order chi connectivity index (χ1) is 13.2. The van der Waals surface area contributed by atoms with Gasteiger partial charge in [0, 0.05) is 18.1 Å². The summed E-state index contributed by atoms with van der Waals surface area (Å²) in [4.78, 5) is 12.1. The van der Waals surface area contributed by atoms with Gasteiger partial charge in [-0.3, -0.25) is 4.79 Å². The molecule has 6 nitrogen and oxygen atoms in total. The Morgan fingerprint density at radius 2 is 1.81 bits per heavy atom. The van der Waals surface area contributed by atoms with E-state index in [-0.39, 0.29) is 5.91 Å². The Morgan fingerprint density at radius 1 is 1.04 bits per heavy atom. The molecule has 0 saturated heterocycles. The minimum atomic E-state index is -0.0308. The maximum Gasteiger partial charge on any atom is 0.220 e. The lowest BCUT2D eigenvalue weighted by atomic mass is 10.1. The van der Waals surface area contributed by atoms with Crippen LogP contribution in [0.1, 0.15) is 17.7 Å². The molecule has 0 radical (unpaired) electrons. The van der Waals surface area contributed by atoms with Crippen molar-refractivity contribution in [1.29, 1.82) is 0 Å². The molecular formula is C21H22N2O4. The van der Waals surface area contributed by atoms with Gasteiger partial charge < -0.3 is 19.3 Å². The highest BCUT2D eigenvalue weighted by molar-refractivity contribution is 5.76. The molecule has 0 spiro atoms. The summed E-state index contributed by atoms with van der Waals surface area (Å²) in [7, 11) is 3.25. The molecule has 2 aromatic carbocycles. The summed E-state index contributed by atoms with van der Waals surface area (Å²) in [5.41, 5.74) is 2.64. The fourth-order valence-electron chi connectivity index (χ4n) is 2.64. The minimum Gasteiger partial charge on any atom is -0.497 e. The van der Waals surface area contributed by atoms with Crippen LogP contribution in [0.2, 0.25) is 0 Å². The van der Waals surface area contributed by atoms with E-state index in [2.05, 4.69) is 10.5 Å². The van der Waals surface area contributed by atoms with Gasteiger partial charge in [0.15, 0.2) is 5.76 Å². The summed E-state index contributed by atoms with van der Waals surface area (Å²) < 4.78 is 15.7. The first kappa shape index (κ1) is 18.5. The Morgan fingerprint density at radius 3 is 2.56 bits per heavy atom. The van der Waals surface area contributed by atoms with Crippen LogP contribution in [0.3, 0.4) is 0 Å². The van der Waals surface area contributed by atoms with Crippen LogP contribution in [-0.4, -0.2) is 25.3 Å². The highest BCUT2D eigenvalue weighted by Gasteiger charge is 2.09. The van der Waals surface area contributed by atoms with E-state index >= 15 is 0 Å². The number of methoxy groups -OCH3 is 2. The molecule has 0 aliphatic rings. The predicted molar refractivity (Wildman–Crippen MR) is 102 cm³/mol. The van der Waals surface area contributed by atoms with Crippen molar-refractivity contribution >= 4 is 5.91 Å². The van der Waals surface area contributed by atoms with Crippen LogP contribution < -0.4 is 14.8 Å². The number of aromatic nitrogens is 1. The Balaban J connectivity index is 1.49. The Kier molecular flexibility index (Phi) is 6.10. The zero-order chi connectivity index (χ0) is 19.1. The van der Waals surface area contributed by atoms with Crippen molar-refractivity contribution in [3.63, 3.8) is 0 Å². The number of rotatable bonds is 8. The average molecular weight is 366 g/mol. The normalized spacial score (nSPS) is 10.4.